The van der Waals surface area contributed by atoms with Crippen LogP contribution in [-0.4, -0.2) is 23.3 Å². The van der Waals surface area contributed by atoms with Gasteiger partial charge in [-0.2, -0.15) is 0 Å². The lowest BCUT2D eigenvalue weighted by Crippen LogP contribution is -2.24. The Labute approximate surface area is 156 Å². The minimum absolute atomic E-state index is 0.0220. The summed E-state index contributed by atoms with van der Waals surface area (Å²) >= 11 is 9.21. The van der Waals surface area contributed by atoms with Crippen LogP contribution in [0.1, 0.15) is 10.4 Å². The highest BCUT2D eigenvalue weighted by atomic mass is 79.9. The number of anilines is 1. The van der Waals surface area contributed by atoms with Crippen molar-refractivity contribution < 1.29 is 24.2 Å². The van der Waals surface area contributed by atoms with E-state index in [2.05, 4.69) is 21.2 Å². The predicted octanol–water partition coefficient (Wildman–Crippen LogP) is 3.76. The summed E-state index contributed by atoms with van der Waals surface area (Å²) in [5, 5.41) is 12.1. The van der Waals surface area contributed by atoms with Crippen LogP contribution < -0.4 is 5.32 Å². The largest absolute Gasteiger partial charge is 0.508 e. The fourth-order valence-electron chi connectivity index (χ4n) is 2.14. The van der Waals surface area contributed by atoms with Gasteiger partial charge < -0.3 is 19.9 Å². The molecule has 0 radical (unpaired) electrons. The number of carbonyl (C=O) groups is 2. The number of rotatable bonds is 4. The average molecular weight is 425 g/mol. The van der Waals surface area contributed by atoms with Crippen LogP contribution in [0.5, 0.6) is 5.75 Å². The number of halogens is 2. The van der Waals surface area contributed by atoms with Crippen molar-refractivity contribution in [2.75, 3.05) is 5.32 Å². The zero-order valence-corrected chi connectivity index (χ0v) is 14.9. The van der Waals surface area contributed by atoms with E-state index in [1.165, 1.54) is 12.1 Å². The summed E-state index contributed by atoms with van der Waals surface area (Å²) < 4.78 is 10.8. The molecule has 0 saturated heterocycles. The highest BCUT2D eigenvalue weighted by Crippen LogP contribution is 2.30. The second kappa shape index (κ2) is 7.16. The highest BCUT2D eigenvalue weighted by Gasteiger charge is 2.37. The molecule has 0 unspecified atom stereocenters. The molecule has 8 heteroatoms. The number of ether oxygens (including phenoxy) is 2. The van der Waals surface area contributed by atoms with Crippen LogP contribution in [-0.2, 0) is 14.3 Å². The van der Waals surface area contributed by atoms with Gasteiger partial charge in [-0.1, -0.05) is 29.8 Å². The number of esters is 2. The van der Waals surface area contributed by atoms with E-state index in [4.69, 9.17) is 21.1 Å². The topological polar surface area (TPSA) is 84.9 Å². The fraction of sp³-hybridized carbons (Fsp3) is 0.0588. The van der Waals surface area contributed by atoms with Crippen molar-refractivity contribution >= 4 is 45.2 Å². The SMILES string of the molecule is O=C1O[C@H](OC(=O)c2ccccc2Br)C(Nc2cccc(O)c2)=C1Cl. The monoisotopic (exact) mass is 423 g/mol. The summed E-state index contributed by atoms with van der Waals surface area (Å²) in [5.41, 5.74) is 0.810. The van der Waals surface area contributed by atoms with Crippen molar-refractivity contribution in [1.82, 2.24) is 0 Å². The molecule has 1 heterocycles. The fourth-order valence-corrected chi connectivity index (χ4v) is 2.77. The van der Waals surface area contributed by atoms with Crippen molar-refractivity contribution in [1.29, 1.82) is 0 Å². The molecular formula is C17H11BrClNO5. The number of benzene rings is 2. The predicted molar refractivity (Wildman–Crippen MR) is 94.0 cm³/mol. The Kier molecular flexibility index (Phi) is 4.96. The van der Waals surface area contributed by atoms with Crippen LogP contribution in [0.2, 0.25) is 0 Å². The zero-order chi connectivity index (χ0) is 18.0. The molecule has 1 aliphatic rings. The van der Waals surface area contributed by atoms with E-state index < -0.39 is 18.2 Å². The van der Waals surface area contributed by atoms with E-state index in [0.29, 0.717) is 10.2 Å². The number of phenolic OH excluding ortho intramolecular Hbond substituents is 1. The minimum atomic E-state index is -1.32. The standard InChI is InChI=1S/C17H11BrClNO5/c18-12-7-2-1-6-11(12)15(22)24-17-14(13(19)16(23)25-17)20-9-4-3-5-10(21)8-9/h1-8,17,20-21H/t17-/m0/s1. The van der Waals surface area contributed by atoms with E-state index in [0.717, 1.165) is 0 Å². The van der Waals surface area contributed by atoms with Crippen LogP contribution in [0.4, 0.5) is 5.69 Å². The molecule has 0 bridgehead atoms. The van der Waals surface area contributed by atoms with Gasteiger partial charge in [-0.05, 0) is 40.2 Å². The van der Waals surface area contributed by atoms with E-state index in [9.17, 15) is 14.7 Å². The van der Waals surface area contributed by atoms with Gasteiger partial charge in [-0.3, -0.25) is 0 Å². The van der Waals surface area contributed by atoms with Crippen LogP contribution >= 0.6 is 27.5 Å². The van der Waals surface area contributed by atoms with Crippen molar-refractivity contribution in [2.45, 2.75) is 6.29 Å². The molecule has 1 atom stereocenters. The quantitative estimate of drug-likeness (QED) is 0.727. The zero-order valence-electron chi connectivity index (χ0n) is 12.5. The van der Waals surface area contributed by atoms with Crippen LogP contribution in [0, 0.1) is 0 Å². The molecule has 6 nitrogen and oxygen atoms in total. The third-order valence-electron chi connectivity index (χ3n) is 3.30. The molecule has 0 aliphatic carbocycles. The van der Waals surface area contributed by atoms with Crippen molar-refractivity contribution in [2.24, 2.45) is 0 Å². The maximum Gasteiger partial charge on any atom is 0.355 e. The Morgan fingerprint density at radius 2 is 2.00 bits per heavy atom. The third-order valence-corrected chi connectivity index (χ3v) is 4.35. The third kappa shape index (κ3) is 3.78. The number of aromatic hydroxyl groups is 1. The van der Waals surface area contributed by atoms with Crippen LogP contribution in [0.25, 0.3) is 0 Å². The molecule has 0 aromatic heterocycles. The first-order chi connectivity index (χ1) is 12.0. The molecule has 2 aromatic carbocycles. The first-order valence-corrected chi connectivity index (χ1v) is 8.25. The lowest BCUT2D eigenvalue weighted by atomic mass is 10.2. The van der Waals surface area contributed by atoms with Gasteiger partial charge in [0.1, 0.15) is 11.4 Å². The molecule has 0 fully saturated rings. The van der Waals surface area contributed by atoms with Gasteiger partial charge in [0.25, 0.3) is 6.29 Å². The van der Waals surface area contributed by atoms with Crippen molar-refractivity contribution in [3.05, 3.63) is 69.3 Å². The summed E-state index contributed by atoms with van der Waals surface area (Å²) in [4.78, 5) is 24.0. The molecule has 0 spiro atoms. The van der Waals surface area contributed by atoms with E-state index in [-0.39, 0.29) is 22.0 Å². The molecule has 0 saturated carbocycles. The van der Waals surface area contributed by atoms with Crippen LogP contribution in [0.15, 0.2) is 63.7 Å². The highest BCUT2D eigenvalue weighted by molar-refractivity contribution is 9.10. The summed E-state index contributed by atoms with van der Waals surface area (Å²) in [7, 11) is 0. The second-order valence-corrected chi connectivity index (χ2v) is 6.26. The Hall–Kier alpha value is -2.51. The van der Waals surface area contributed by atoms with E-state index in [1.54, 1.807) is 36.4 Å². The van der Waals surface area contributed by atoms with Gasteiger partial charge in [-0.15, -0.1) is 0 Å². The summed E-state index contributed by atoms with van der Waals surface area (Å²) in [6.45, 7) is 0. The number of nitrogens with one attached hydrogen (secondary N) is 1. The lowest BCUT2D eigenvalue weighted by molar-refractivity contribution is -0.152. The van der Waals surface area contributed by atoms with Crippen molar-refractivity contribution in [3.63, 3.8) is 0 Å². The molecule has 2 aromatic rings. The molecule has 2 N–H and O–H groups in total. The second-order valence-electron chi connectivity index (χ2n) is 5.03. The molecule has 3 rings (SSSR count). The minimum Gasteiger partial charge on any atom is -0.508 e. The van der Waals surface area contributed by atoms with Gasteiger partial charge in [0.05, 0.1) is 5.56 Å². The maximum absolute atomic E-state index is 12.3. The van der Waals surface area contributed by atoms with Crippen molar-refractivity contribution in [3.8, 4) is 5.75 Å². The Morgan fingerprint density at radius 1 is 1.24 bits per heavy atom. The summed E-state index contributed by atoms with van der Waals surface area (Å²) in [6.07, 6.45) is -1.32. The van der Waals surface area contributed by atoms with Gasteiger partial charge in [-0.25, -0.2) is 9.59 Å². The maximum atomic E-state index is 12.3. The molecule has 0 amide bonds. The molecular weight excluding hydrogens is 414 g/mol. The number of hydrogen-bond donors (Lipinski definition) is 2. The Balaban J connectivity index is 1.82. The van der Waals surface area contributed by atoms with E-state index in [1.807, 2.05) is 0 Å². The molecule has 1 aliphatic heterocycles. The first-order valence-electron chi connectivity index (χ1n) is 7.08. The number of hydrogen-bond acceptors (Lipinski definition) is 6. The first kappa shape index (κ1) is 17.3. The van der Waals surface area contributed by atoms with Gasteiger partial charge >= 0.3 is 11.9 Å². The van der Waals surface area contributed by atoms with Gasteiger partial charge in [0.15, 0.2) is 5.03 Å². The Morgan fingerprint density at radius 3 is 2.72 bits per heavy atom. The summed E-state index contributed by atoms with van der Waals surface area (Å²) in [5.74, 6) is -1.48. The lowest BCUT2D eigenvalue weighted by Gasteiger charge is -2.16. The Bertz CT molecular complexity index is 883. The molecule has 128 valence electrons. The number of carbonyl (C=O) groups excluding carboxylic acids is 2. The van der Waals surface area contributed by atoms with Crippen LogP contribution in [0.3, 0.4) is 0 Å². The summed E-state index contributed by atoms with van der Waals surface area (Å²) in [6, 6.07) is 12.8. The molecule has 25 heavy (non-hydrogen) atoms. The number of cyclic esters (lactones) is 1. The average Bonchev–Trinajstić information content (AvgIpc) is 2.83. The van der Waals surface area contributed by atoms with Gasteiger partial charge in [0.2, 0.25) is 0 Å². The van der Waals surface area contributed by atoms with Gasteiger partial charge in [0, 0.05) is 16.2 Å². The normalized spacial score (nSPS) is 16.6. The van der Waals surface area contributed by atoms with E-state index >= 15 is 0 Å². The smallest absolute Gasteiger partial charge is 0.355 e. The number of phenols is 1.